The summed E-state index contributed by atoms with van der Waals surface area (Å²) in [5, 5.41) is 4.62. The molecular weight excluding hydrogens is 751 g/mol. The minimum Gasteiger partial charge on any atom is -0.488 e. The lowest BCUT2D eigenvalue weighted by molar-refractivity contribution is -0.138. The molecule has 3 amide bonds. The van der Waals surface area contributed by atoms with E-state index < -0.39 is 18.2 Å². The number of benzene rings is 3. The van der Waals surface area contributed by atoms with Gasteiger partial charge in [0.05, 0.1) is 54.8 Å². The van der Waals surface area contributed by atoms with Crippen LogP contribution in [-0.2, 0) is 30.4 Å². The van der Waals surface area contributed by atoms with Crippen molar-refractivity contribution >= 4 is 39.7 Å². The first-order chi connectivity index (χ1) is 28.5. The lowest BCUT2D eigenvalue weighted by atomic mass is 9.92. The van der Waals surface area contributed by atoms with Gasteiger partial charge in [0, 0.05) is 50.1 Å². The highest BCUT2D eigenvalue weighted by Crippen LogP contribution is 2.44. The molecule has 7 unspecified atom stereocenters. The van der Waals surface area contributed by atoms with E-state index in [9.17, 15) is 14.4 Å². The Kier molecular flexibility index (Phi) is 11.4. The molecule has 0 bridgehead atoms. The molecule has 5 heterocycles. The Morgan fingerprint density at radius 1 is 1.00 bits per heavy atom. The summed E-state index contributed by atoms with van der Waals surface area (Å²) in [5.41, 5.74) is 6.75. The summed E-state index contributed by atoms with van der Waals surface area (Å²) < 4.78 is 22.3. The first kappa shape index (κ1) is 40.3. The molecule has 0 radical (unpaired) electrons. The summed E-state index contributed by atoms with van der Waals surface area (Å²) in [4.78, 5) is 60.5. The third-order valence-electron chi connectivity index (χ3n) is 12.7. The van der Waals surface area contributed by atoms with E-state index in [0.717, 1.165) is 80.6 Å². The number of ether oxygens (including phenoxy) is 4. The van der Waals surface area contributed by atoms with Crippen LogP contribution in [0, 0.1) is 11.8 Å². The van der Waals surface area contributed by atoms with Gasteiger partial charge in [0.2, 0.25) is 11.8 Å². The van der Waals surface area contributed by atoms with Gasteiger partial charge in [-0.15, -0.1) is 0 Å². The van der Waals surface area contributed by atoms with Crippen molar-refractivity contribution in [2.24, 2.45) is 11.8 Å². The van der Waals surface area contributed by atoms with Crippen LogP contribution in [0.25, 0.3) is 44.2 Å². The fraction of sp³-hybridized carbons (Fsp3) is 0.489. The normalized spacial score (nSPS) is 21.5. The summed E-state index contributed by atoms with van der Waals surface area (Å²) in [7, 11) is 4.42. The molecule has 2 aromatic heterocycles. The van der Waals surface area contributed by atoms with Crippen molar-refractivity contribution in [1.29, 1.82) is 0 Å². The van der Waals surface area contributed by atoms with Crippen LogP contribution in [0.4, 0.5) is 4.79 Å². The van der Waals surface area contributed by atoms with Crippen LogP contribution in [0.5, 0.6) is 5.75 Å². The van der Waals surface area contributed by atoms with E-state index >= 15 is 0 Å². The molecule has 3 N–H and O–H groups in total. The quantitative estimate of drug-likeness (QED) is 0.116. The van der Waals surface area contributed by atoms with Crippen LogP contribution < -0.4 is 10.1 Å². The Bertz CT molecular complexity index is 2370. The monoisotopic (exact) mass is 805 g/mol. The molecule has 5 aromatic rings. The second kappa shape index (κ2) is 16.6. The molecule has 3 aliphatic heterocycles. The molecular formula is C45H55N7O7. The Labute approximate surface area is 344 Å². The van der Waals surface area contributed by atoms with Gasteiger partial charge in [-0.25, -0.2) is 14.8 Å². The predicted molar refractivity (Wildman–Crippen MR) is 224 cm³/mol. The average molecular weight is 806 g/mol. The smallest absolute Gasteiger partial charge is 0.407 e. The van der Waals surface area contributed by atoms with Crippen LogP contribution in [0.3, 0.4) is 0 Å². The number of alkyl carbamates (subject to hydrolysis) is 1. The number of rotatable bonds is 12. The maximum absolute atomic E-state index is 14.1. The summed E-state index contributed by atoms with van der Waals surface area (Å²) in [5.74, 6) is 2.63. The van der Waals surface area contributed by atoms with Crippen molar-refractivity contribution in [1.82, 2.24) is 35.1 Å². The van der Waals surface area contributed by atoms with Gasteiger partial charge in [0.1, 0.15) is 30.0 Å². The van der Waals surface area contributed by atoms with Crippen LogP contribution >= 0.6 is 0 Å². The van der Waals surface area contributed by atoms with Crippen LogP contribution in [0.2, 0.25) is 0 Å². The lowest BCUT2D eigenvalue weighted by Crippen LogP contribution is -2.54. The minimum absolute atomic E-state index is 0.0481. The van der Waals surface area contributed by atoms with E-state index in [-0.39, 0.29) is 35.9 Å². The highest BCUT2D eigenvalue weighted by Gasteiger charge is 2.43. The first-order valence-corrected chi connectivity index (χ1v) is 20.8. The number of H-pyrrole nitrogens is 2. The second-order valence-electron chi connectivity index (χ2n) is 16.6. The van der Waals surface area contributed by atoms with Gasteiger partial charge in [-0.2, -0.15) is 0 Å². The molecule has 14 heteroatoms. The fourth-order valence-electron chi connectivity index (χ4n) is 9.17. The molecule has 8 rings (SSSR count). The van der Waals surface area contributed by atoms with Crippen molar-refractivity contribution in [3.63, 3.8) is 0 Å². The van der Waals surface area contributed by atoms with Crippen molar-refractivity contribution in [3.8, 4) is 28.1 Å². The summed E-state index contributed by atoms with van der Waals surface area (Å²) >= 11 is 0. The van der Waals surface area contributed by atoms with Gasteiger partial charge < -0.3 is 44.0 Å². The minimum atomic E-state index is -0.955. The SMILES string of the molecule is CCC(C)CC(=O)N1C(C)CCC1c1ncc(-c2ccc3c(c2)COc2cc4c(ccc5[nH]c(C6CC(COC)CN6C(=O)C(NC(=O)OC)C(C)OC)nc54)cc2-3)[nH]1. The molecule has 0 spiro atoms. The number of carbonyl (C=O) groups excluding carboxylic acids is 3. The Hall–Kier alpha value is -5.47. The van der Waals surface area contributed by atoms with Gasteiger partial charge >= 0.3 is 6.09 Å². The molecule has 0 aliphatic carbocycles. The summed E-state index contributed by atoms with van der Waals surface area (Å²) in [6.45, 7) is 9.47. The van der Waals surface area contributed by atoms with Crippen molar-refractivity contribution in [2.45, 2.75) is 96.7 Å². The number of imidazole rings is 2. The Morgan fingerprint density at radius 2 is 1.83 bits per heavy atom. The maximum atomic E-state index is 14.1. The molecule has 2 fully saturated rings. The Balaban J connectivity index is 1.06. The number of aromatic nitrogens is 4. The van der Waals surface area contributed by atoms with Gasteiger partial charge in [-0.1, -0.05) is 38.5 Å². The topological polar surface area (TPSA) is 164 Å². The van der Waals surface area contributed by atoms with E-state index in [0.29, 0.717) is 44.3 Å². The van der Waals surface area contributed by atoms with Crippen LogP contribution in [0.1, 0.15) is 89.1 Å². The van der Waals surface area contributed by atoms with Crippen molar-refractivity contribution in [2.75, 3.05) is 34.5 Å². The summed E-state index contributed by atoms with van der Waals surface area (Å²) in [6.07, 6.45) is 4.61. The maximum Gasteiger partial charge on any atom is 0.407 e. The number of amides is 3. The zero-order chi connectivity index (χ0) is 41.5. The second-order valence-corrected chi connectivity index (χ2v) is 16.6. The molecule has 3 aromatic carbocycles. The van der Waals surface area contributed by atoms with E-state index in [4.69, 9.17) is 28.9 Å². The molecule has 0 saturated carbocycles. The molecule has 14 nitrogen and oxygen atoms in total. The zero-order valence-electron chi connectivity index (χ0n) is 35.0. The highest BCUT2D eigenvalue weighted by molar-refractivity contribution is 6.07. The number of carbonyl (C=O) groups is 3. The lowest BCUT2D eigenvalue weighted by Gasteiger charge is -2.30. The third kappa shape index (κ3) is 7.64. The van der Waals surface area contributed by atoms with Gasteiger partial charge in [0.25, 0.3) is 0 Å². The van der Waals surface area contributed by atoms with E-state index in [1.807, 2.05) is 17.2 Å². The first-order valence-electron chi connectivity index (χ1n) is 20.8. The number of nitrogens with one attached hydrogen (secondary N) is 3. The Morgan fingerprint density at radius 3 is 2.59 bits per heavy atom. The standard InChI is InChI=1S/C45H55N7O7/c1-8-24(2)15-39(53)52-25(3)9-14-36(52)42-46-20-35(48-42)29-10-12-31-30(17-29)23-59-38-19-32-28(18-33(31)38)11-13-34-41(32)49-43(47-34)37-16-27(22-56-5)21-51(37)44(54)40(26(4)57-6)50-45(55)58-7/h10-13,17-20,24-27,36-37,40H,8-9,14-16,21-23H2,1-7H3,(H,46,48)(H,47,49)(H,50,55). The predicted octanol–water partition coefficient (Wildman–Crippen LogP) is 7.45. The average Bonchev–Trinajstić information content (AvgIpc) is 4.07. The van der Waals surface area contributed by atoms with E-state index in [1.165, 1.54) is 14.2 Å². The van der Waals surface area contributed by atoms with Crippen molar-refractivity contribution < 1.29 is 33.3 Å². The van der Waals surface area contributed by atoms with Crippen molar-refractivity contribution in [3.05, 3.63) is 65.9 Å². The molecule has 2 saturated heterocycles. The molecule has 59 heavy (non-hydrogen) atoms. The number of hydrogen-bond acceptors (Lipinski definition) is 9. The van der Waals surface area contributed by atoms with Crippen LogP contribution in [-0.4, -0.2) is 100 Å². The largest absolute Gasteiger partial charge is 0.488 e. The highest BCUT2D eigenvalue weighted by atomic mass is 16.5. The number of fused-ring (bicyclic) bond motifs is 6. The van der Waals surface area contributed by atoms with Crippen LogP contribution in [0.15, 0.2) is 48.7 Å². The van der Waals surface area contributed by atoms with Gasteiger partial charge in [-0.3, -0.25) is 9.59 Å². The number of likely N-dealkylation sites (tertiary alicyclic amines) is 2. The molecule has 3 aliphatic rings. The van der Waals surface area contributed by atoms with E-state index in [2.05, 4.69) is 72.5 Å². The number of methoxy groups -OCH3 is 3. The van der Waals surface area contributed by atoms with Gasteiger partial charge in [-0.05, 0) is 85.4 Å². The zero-order valence-corrected chi connectivity index (χ0v) is 35.0. The fourth-order valence-corrected chi connectivity index (χ4v) is 9.17. The van der Waals surface area contributed by atoms with E-state index in [1.54, 1.807) is 18.9 Å². The molecule has 7 atom stereocenters. The number of hydrogen-bond donors (Lipinski definition) is 3. The number of nitrogens with zero attached hydrogens (tertiary/aromatic N) is 4. The third-order valence-corrected chi connectivity index (χ3v) is 12.7. The van der Waals surface area contributed by atoms with Gasteiger partial charge in [0.15, 0.2) is 0 Å². The molecule has 312 valence electrons. The number of aromatic amines is 2. The summed E-state index contributed by atoms with van der Waals surface area (Å²) in [6, 6.07) is 13.6.